The Kier molecular flexibility index (Phi) is 20.5. The Morgan fingerprint density at radius 2 is 1.24 bits per heavy atom. The molecule has 0 fully saturated rings. The van der Waals surface area contributed by atoms with Crippen LogP contribution in [-0.2, 0) is 14.1 Å². The van der Waals surface area contributed by atoms with Gasteiger partial charge in [-0.05, 0) is 6.42 Å². The van der Waals surface area contributed by atoms with E-state index in [9.17, 15) is 29.4 Å². The molecule has 0 aromatic carbocycles. The van der Waals surface area contributed by atoms with Gasteiger partial charge in [-0.2, -0.15) is 0 Å². The highest BCUT2D eigenvalue weighted by Crippen LogP contribution is 2.43. The van der Waals surface area contributed by atoms with E-state index < -0.39 is 44.9 Å². The van der Waals surface area contributed by atoms with Crippen molar-refractivity contribution in [3.63, 3.8) is 0 Å². The van der Waals surface area contributed by atoms with Crippen LogP contribution in [0.1, 0.15) is 110 Å². The molecule has 0 saturated heterocycles. The quantitative estimate of drug-likeness (QED) is 0.0711. The number of rotatable bonds is 23. The van der Waals surface area contributed by atoms with Gasteiger partial charge in [-0.15, -0.1) is 0 Å². The molecule has 0 aliphatic rings. The fourth-order valence-electron chi connectivity index (χ4n) is 3.60. The summed E-state index contributed by atoms with van der Waals surface area (Å²) in [6.07, 6.45) is 15.0. The van der Waals surface area contributed by atoms with Crippen molar-refractivity contribution in [2.75, 3.05) is 13.2 Å². The van der Waals surface area contributed by atoms with Gasteiger partial charge in [-0.3, -0.25) is 9.36 Å². The molecule has 10 heteroatoms. The maximum absolute atomic E-state index is 11.9. The molecule has 2 unspecified atom stereocenters. The van der Waals surface area contributed by atoms with Gasteiger partial charge < -0.3 is 35.2 Å². The van der Waals surface area contributed by atoms with Gasteiger partial charge in [0.2, 0.25) is 11.8 Å². The van der Waals surface area contributed by atoms with E-state index in [-0.39, 0.29) is 6.42 Å². The maximum Gasteiger partial charge on any atom is 0.358 e. The van der Waals surface area contributed by atoms with Crippen molar-refractivity contribution in [1.82, 2.24) is 5.32 Å². The average molecular weight is 498 g/mol. The first-order valence-corrected chi connectivity index (χ1v) is 14.3. The van der Waals surface area contributed by atoms with Crippen LogP contribution in [0.25, 0.3) is 0 Å². The van der Waals surface area contributed by atoms with Crippen molar-refractivity contribution >= 4 is 13.5 Å². The molecule has 0 radical (unpaired) electrons. The van der Waals surface area contributed by atoms with Crippen molar-refractivity contribution in [2.45, 2.75) is 128 Å². The Labute approximate surface area is 199 Å². The molecule has 0 saturated carbocycles. The summed E-state index contributed by atoms with van der Waals surface area (Å²) in [7, 11) is -4.90. The summed E-state index contributed by atoms with van der Waals surface area (Å²) in [6, 6.07) is 0. The van der Waals surface area contributed by atoms with Gasteiger partial charge in [-0.1, -0.05) is 96.8 Å². The first-order chi connectivity index (χ1) is 15.7. The molecule has 198 valence electrons. The van der Waals surface area contributed by atoms with E-state index >= 15 is 0 Å². The minimum Gasteiger partial charge on any atom is -0.394 e. The molecule has 0 spiro atoms. The van der Waals surface area contributed by atoms with Crippen LogP contribution in [0.4, 0.5) is 0 Å². The van der Waals surface area contributed by atoms with Crippen molar-refractivity contribution in [3.05, 3.63) is 0 Å². The second kappa shape index (κ2) is 20.8. The van der Waals surface area contributed by atoms with E-state index in [0.29, 0.717) is 6.42 Å². The average Bonchev–Trinajstić information content (AvgIpc) is 2.75. The zero-order valence-electron chi connectivity index (χ0n) is 20.4. The molecule has 9 nitrogen and oxygen atoms in total. The van der Waals surface area contributed by atoms with Crippen LogP contribution in [0.15, 0.2) is 0 Å². The third-order valence-electron chi connectivity index (χ3n) is 5.59. The monoisotopic (exact) mass is 497 g/mol. The fraction of sp³-hybridized carbons (Fsp3) is 0.957. The number of carbonyl (C=O) groups is 1. The Balaban J connectivity index is 3.75. The second-order valence-electron chi connectivity index (χ2n) is 8.86. The number of aliphatic hydroxyl groups is 3. The van der Waals surface area contributed by atoms with Crippen molar-refractivity contribution < 1.29 is 39.2 Å². The summed E-state index contributed by atoms with van der Waals surface area (Å²) in [5.74, 6) is -2.54. The number of hydrogen-bond donors (Lipinski definition) is 6. The fourth-order valence-corrected chi connectivity index (χ4v) is 4.32. The number of aliphatic hydroxyl groups excluding tert-OH is 3. The standard InChI is InChI=1S/C23H48NO8P/c1-2-3-4-5-6-7-8-9-10-11-12-13-14-15-16-17-21(27)24-22(28)23(33(29,30)31)32-19-20(26)18-25/h20,22-23,25-26,28H,2-19H2,1H3,(H,24,27)(H2,29,30,31)/t20-,22?,23?/m0/s1. The summed E-state index contributed by atoms with van der Waals surface area (Å²) in [5.41, 5.74) is 0. The molecular formula is C23H48NO8P. The predicted molar refractivity (Wildman–Crippen MR) is 129 cm³/mol. The van der Waals surface area contributed by atoms with Crippen LogP contribution in [0, 0.1) is 0 Å². The molecule has 1 amide bonds. The third-order valence-corrected chi connectivity index (χ3v) is 6.68. The van der Waals surface area contributed by atoms with Gasteiger partial charge in [-0.25, -0.2) is 0 Å². The van der Waals surface area contributed by atoms with Crippen LogP contribution in [0.3, 0.4) is 0 Å². The van der Waals surface area contributed by atoms with Gasteiger partial charge in [0.05, 0.1) is 13.2 Å². The lowest BCUT2D eigenvalue weighted by Gasteiger charge is -2.25. The molecule has 0 aromatic rings. The predicted octanol–water partition coefficient (Wildman–Crippen LogP) is 3.56. The zero-order chi connectivity index (χ0) is 25.0. The lowest BCUT2D eigenvalue weighted by molar-refractivity contribution is -0.127. The Morgan fingerprint density at radius 1 is 0.818 bits per heavy atom. The second-order valence-corrected chi connectivity index (χ2v) is 10.5. The first kappa shape index (κ1) is 32.5. The number of ether oxygens (including phenoxy) is 1. The molecule has 0 heterocycles. The maximum atomic E-state index is 11.9. The SMILES string of the molecule is CCCCCCCCCCCCCCCCCC(=O)NC(O)C(OC[C@@H](O)CO)P(=O)(O)O. The van der Waals surface area contributed by atoms with E-state index in [4.69, 9.17) is 9.84 Å². The van der Waals surface area contributed by atoms with Gasteiger partial charge in [0.1, 0.15) is 6.10 Å². The summed E-state index contributed by atoms with van der Waals surface area (Å²) in [4.78, 5) is 30.5. The lowest BCUT2D eigenvalue weighted by atomic mass is 10.0. The summed E-state index contributed by atoms with van der Waals surface area (Å²) in [5, 5.41) is 30.0. The minimum atomic E-state index is -4.90. The summed E-state index contributed by atoms with van der Waals surface area (Å²) < 4.78 is 16.3. The highest BCUT2D eigenvalue weighted by Gasteiger charge is 2.37. The third kappa shape index (κ3) is 19.5. The van der Waals surface area contributed by atoms with Crippen molar-refractivity contribution in [3.8, 4) is 0 Å². The first-order valence-electron chi connectivity index (χ1n) is 12.7. The molecule has 0 aromatic heterocycles. The Hall–Kier alpha value is -0.540. The minimum absolute atomic E-state index is 0.141. The molecule has 3 atom stereocenters. The Bertz CT molecular complexity index is 517. The highest BCUT2D eigenvalue weighted by molar-refractivity contribution is 7.52. The summed E-state index contributed by atoms with van der Waals surface area (Å²) >= 11 is 0. The van der Waals surface area contributed by atoms with Crippen LogP contribution in [-0.4, -0.2) is 62.4 Å². The Morgan fingerprint density at radius 3 is 1.64 bits per heavy atom. The van der Waals surface area contributed by atoms with E-state index in [1.807, 2.05) is 0 Å². The molecule has 0 bridgehead atoms. The highest BCUT2D eigenvalue weighted by atomic mass is 31.2. The van der Waals surface area contributed by atoms with Crippen molar-refractivity contribution in [1.29, 1.82) is 0 Å². The lowest BCUT2D eigenvalue weighted by Crippen LogP contribution is -2.45. The van der Waals surface area contributed by atoms with E-state index in [2.05, 4.69) is 12.2 Å². The normalized spacial score (nSPS) is 14.7. The molecule has 6 N–H and O–H groups in total. The number of unbranched alkanes of at least 4 members (excludes halogenated alkanes) is 14. The number of nitrogens with one attached hydrogen (secondary N) is 1. The van der Waals surface area contributed by atoms with E-state index in [1.165, 1.54) is 70.6 Å². The molecule has 33 heavy (non-hydrogen) atoms. The van der Waals surface area contributed by atoms with E-state index in [0.717, 1.165) is 19.3 Å². The van der Waals surface area contributed by atoms with Gasteiger partial charge in [0.25, 0.3) is 0 Å². The number of hydrogen-bond acceptors (Lipinski definition) is 6. The van der Waals surface area contributed by atoms with Crippen LogP contribution >= 0.6 is 7.60 Å². The number of amides is 1. The topological polar surface area (TPSA) is 157 Å². The molecule has 0 rings (SSSR count). The van der Waals surface area contributed by atoms with Crippen LogP contribution < -0.4 is 5.32 Å². The molecular weight excluding hydrogens is 449 g/mol. The summed E-state index contributed by atoms with van der Waals surface area (Å²) in [6.45, 7) is 0.997. The largest absolute Gasteiger partial charge is 0.394 e. The number of carbonyl (C=O) groups excluding carboxylic acids is 1. The van der Waals surface area contributed by atoms with Gasteiger partial charge >= 0.3 is 7.60 Å². The van der Waals surface area contributed by atoms with Gasteiger partial charge in [0, 0.05) is 6.42 Å². The van der Waals surface area contributed by atoms with E-state index in [1.54, 1.807) is 0 Å². The molecule has 0 aliphatic carbocycles. The van der Waals surface area contributed by atoms with Crippen molar-refractivity contribution in [2.24, 2.45) is 0 Å². The van der Waals surface area contributed by atoms with Gasteiger partial charge in [0.15, 0.2) is 6.23 Å². The molecule has 0 aliphatic heterocycles. The van der Waals surface area contributed by atoms with Crippen LogP contribution in [0.2, 0.25) is 0 Å². The van der Waals surface area contributed by atoms with Crippen LogP contribution in [0.5, 0.6) is 0 Å². The zero-order valence-corrected chi connectivity index (χ0v) is 21.3. The smallest absolute Gasteiger partial charge is 0.358 e.